The van der Waals surface area contributed by atoms with E-state index in [1.54, 1.807) is 24.4 Å². The number of benzene rings is 2. The molecule has 0 bridgehead atoms. The van der Waals surface area contributed by atoms with Crippen LogP contribution in [-0.4, -0.2) is 64.1 Å². The molecular weight excluding hydrogens is 602 g/mol. The molecule has 0 atom stereocenters. The molecule has 1 saturated heterocycles. The summed E-state index contributed by atoms with van der Waals surface area (Å²) in [6, 6.07) is 11.0. The van der Waals surface area contributed by atoms with Crippen LogP contribution in [0, 0.1) is 11.6 Å². The molecule has 6 rings (SSSR count). The number of fused-ring (bicyclic) bond motifs is 1. The molecule has 2 aromatic carbocycles. The van der Waals surface area contributed by atoms with Crippen LogP contribution in [0.5, 0.6) is 0 Å². The molecule has 10 nitrogen and oxygen atoms in total. The van der Waals surface area contributed by atoms with Crippen molar-refractivity contribution < 1.29 is 26.8 Å². The highest BCUT2D eigenvalue weighted by atomic mass is 32.2. The lowest BCUT2D eigenvalue weighted by atomic mass is 9.83. The quantitative estimate of drug-likeness (QED) is 0.227. The smallest absolute Gasteiger partial charge is 0.272 e. The number of aromatic amines is 2. The number of nitrogens with zero attached hydrogens (tertiary/aromatic N) is 3. The van der Waals surface area contributed by atoms with E-state index in [0.29, 0.717) is 46.5 Å². The first-order chi connectivity index (χ1) is 21.4. The van der Waals surface area contributed by atoms with Crippen molar-refractivity contribution in [1.82, 2.24) is 24.4 Å². The third kappa shape index (κ3) is 6.33. The van der Waals surface area contributed by atoms with Gasteiger partial charge >= 0.3 is 0 Å². The average Bonchev–Trinajstić information content (AvgIpc) is 3.76. The van der Waals surface area contributed by atoms with Gasteiger partial charge in [-0.25, -0.2) is 17.2 Å². The van der Waals surface area contributed by atoms with E-state index in [9.17, 15) is 26.8 Å². The van der Waals surface area contributed by atoms with Crippen molar-refractivity contribution in [3.8, 4) is 0 Å². The highest BCUT2D eigenvalue weighted by Gasteiger charge is 2.41. The minimum absolute atomic E-state index is 0.0199. The second-order valence-corrected chi connectivity index (χ2v) is 14.2. The molecule has 0 spiro atoms. The van der Waals surface area contributed by atoms with Gasteiger partial charge in [0.05, 0.1) is 22.7 Å². The maximum atomic E-state index is 13.9. The zero-order chi connectivity index (χ0) is 31.9. The number of nitrogens with one attached hydrogen (secondary N) is 3. The Bertz CT molecular complexity index is 1840. The molecule has 4 aromatic rings. The molecule has 0 saturated carbocycles. The number of Topliss-reactive ketones (excluding diaryl/α,β-unsaturated/α-hetero) is 1. The molecule has 0 radical (unpaired) electrons. The van der Waals surface area contributed by atoms with Gasteiger partial charge in [-0.1, -0.05) is 19.9 Å². The Kier molecular flexibility index (Phi) is 8.18. The molecule has 1 fully saturated rings. The summed E-state index contributed by atoms with van der Waals surface area (Å²) in [6.45, 7) is 6.21. The van der Waals surface area contributed by atoms with Crippen molar-refractivity contribution in [3.63, 3.8) is 0 Å². The van der Waals surface area contributed by atoms with Crippen LogP contribution in [0.15, 0.2) is 59.6 Å². The molecule has 2 aliphatic heterocycles. The number of hydrogen-bond acceptors (Lipinski definition) is 6. The second-order valence-electron chi connectivity index (χ2n) is 12.3. The molecule has 13 heteroatoms. The number of sulfonamides is 1. The third-order valence-corrected chi connectivity index (χ3v) is 10.2. The van der Waals surface area contributed by atoms with Gasteiger partial charge < -0.3 is 10.3 Å². The van der Waals surface area contributed by atoms with Gasteiger partial charge in [0.1, 0.15) is 17.3 Å². The number of carbonyl (C=O) groups is 2. The van der Waals surface area contributed by atoms with Crippen LogP contribution in [0.2, 0.25) is 0 Å². The fourth-order valence-corrected chi connectivity index (χ4v) is 7.79. The summed E-state index contributed by atoms with van der Waals surface area (Å²) in [5.41, 5.74) is 2.80. The van der Waals surface area contributed by atoms with Crippen molar-refractivity contribution in [2.45, 2.75) is 56.5 Å². The standard InChI is InChI=1S/C32H34F2N6O4S/c1-32(2)19-40(45(43,44)23-14-21(33)13-22(34)15-23)18-25-28(37-38-30(25)32)16-29(41)24-8-7-20(17-39-10-3-4-11-39)12-27(24)36-31(42)26-6-5-9-35-26/h5-9,12-15,35H,3-4,10-11,16-19H2,1-2H3,(H,36,42)(H,37,38). The van der Waals surface area contributed by atoms with Crippen LogP contribution in [0.4, 0.5) is 14.5 Å². The number of H-pyrrole nitrogens is 2. The van der Waals surface area contributed by atoms with Crippen LogP contribution < -0.4 is 5.32 Å². The number of hydrogen-bond donors (Lipinski definition) is 3. The number of aromatic nitrogens is 3. The first-order valence-corrected chi connectivity index (χ1v) is 16.2. The SMILES string of the molecule is CC1(C)CN(S(=O)(=O)c2cc(F)cc(F)c2)Cc2c1n[nH]c2CC(=O)c1ccc(CN2CCCC2)cc1NC(=O)c1ccc[nH]1. The highest BCUT2D eigenvalue weighted by Crippen LogP contribution is 2.37. The van der Waals surface area contributed by atoms with Gasteiger partial charge in [-0.05, 0) is 67.9 Å². The first-order valence-electron chi connectivity index (χ1n) is 14.8. The number of rotatable bonds is 9. The number of halogens is 2. The van der Waals surface area contributed by atoms with Gasteiger partial charge in [0, 0.05) is 54.1 Å². The van der Waals surface area contributed by atoms with Crippen molar-refractivity contribution in [1.29, 1.82) is 0 Å². The summed E-state index contributed by atoms with van der Waals surface area (Å²) >= 11 is 0. The van der Waals surface area contributed by atoms with Crippen molar-refractivity contribution >= 4 is 27.4 Å². The van der Waals surface area contributed by atoms with Crippen LogP contribution in [0.3, 0.4) is 0 Å². The lowest BCUT2D eigenvalue weighted by Crippen LogP contribution is -2.45. The van der Waals surface area contributed by atoms with E-state index in [1.807, 2.05) is 26.0 Å². The summed E-state index contributed by atoms with van der Waals surface area (Å²) in [5.74, 6) is -2.68. The van der Waals surface area contributed by atoms with Crippen molar-refractivity contribution in [2.75, 3.05) is 25.0 Å². The molecule has 2 aromatic heterocycles. The van der Waals surface area contributed by atoms with Crippen LogP contribution >= 0.6 is 0 Å². The van der Waals surface area contributed by atoms with E-state index < -0.39 is 32.0 Å². The Labute approximate surface area is 259 Å². The summed E-state index contributed by atoms with van der Waals surface area (Å²) in [4.78, 5) is 31.5. The van der Waals surface area contributed by atoms with Crippen LogP contribution in [0.25, 0.3) is 0 Å². The van der Waals surface area contributed by atoms with Crippen molar-refractivity contribution in [3.05, 3.63) is 100 Å². The Morgan fingerprint density at radius 2 is 1.78 bits per heavy atom. The highest BCUT2D eigenvalue weighted by molar-refractivity contribution is 7.89. The lowest BCUT2D eigenvalue weighted by Gasteiger charge is -2.36. The molecule has 236 valence electrons. The van der Waals surface area contributed by atoms with E-state index in [-0.39, 0.29) is 31.2 Å². The number of amides is 1. The lowest BCUT2D eigenvalue weighted by molar-refractivity contribution is 0.0992. The Hall–Kier alpha value is -4.20. The molecular formula is C32H34F2N6O4S. The maximum Gasteiger partial charge on any atom is 0.272 e. The fourth-order valence-electron chi connectivity index (χ4n) is 6.17. The first kappa shape index (κ1) is 30.8. The molecule has 0 unspecified atom stereocenters. The zero-order valence-corrected chi connectivity index (χ0v) is 25.8. The van der Waals surface area contributed by atoms with E-state index >= 15 is 0 Å². The van der Waals surface area contributed by atoms with Gasteiger partial charge in [0.2, 0.25) is 10.0 Å². The predicted molar refractivity (Wildman–Crippen MR) is 163 cm³/mol. The number of carbonyl (C=O) groups excluding carboxylic acids is 2. The minimum atomic E-state index is -4.28. The summed E-state index contributed by atoms with van der Waals surface area (Å²) in [7, 11) is -4.28. The van der Waals surface area contributed by atoms with Gasteiger partial charge in [-0.3, -0.25) is 19.6 Å². The molecule has 3 N–H and O–H groups in total. The average molecular weight is 637 g/mol. The van der Waals surface area contributed by atoms with E-state index in [2.05, 4.69) is 25.4 Å². The normalized spacial score (nSPS) is 16.9. The second kappa shape index (κ2) is 12.0. The maximum absolute atomic E-state index is 13.9. The van der Waals surface area contributed by atoms with E-state index in [0.717, 1.165) is 47.9 Å². The molecule has 1 amide bonds. The fraction of sp³-hybridized carbons (Fsp3) is 0.344. The zero-order valence-electron chi connectivity index (χ0n) is 25.0. The van der Waals surface area contributed by atoms with E-state index in [1.165, 1.54) is 0 Å². The Balaban J connectivity index is 1.29. The molecule has 45 heavy (non-hydrogen) atoms. The minimum Gasteiger partial charge on any atom is -0.357 e. The van der Waals surface area contributed by atoms with Gasteiger partial charge in [0.25, 0.3) is 5.91 Å². The summed E-state index contributed by atoms with van der Waals surface area (Å²) in [5, 5.41) is 10.3. The topological polar surface area (TPSA) is 131 Å². The predicted octanol–water partition coefficient (Wildman–Crippen LogP) is 4.77. The van der Waals surface area contributed by atoms with Crippen LogP contribution in [-0.2, 0) is 34.9 Å². The molecule has 0 aliphatic carbocycles. The van der Waals surface area contributed by atoms with Gasteiger partial charge in [-0.15, -0.1) is 0 Å². The number of likely N-dealkylation sites (tertiary alicyclic amines) is 1. The molecule has 4 heterocycles. The molecule has 2 aliphatic rings. The largest absolute Gasteiger partial charge is 0.357 e. The number of anilines is 1. The van der Waals surface area contributed by atoms with E-state index in [4.69, 9.17) is 0 Å². The third-order valence-electron chi connectivity index (χ3n) is 8.39. The van der Waals surface area contributed by atoms with Gasteiger partial charge in [-0.2, -0.15) is 9.40 Å². The number of ketones is 1. The Morgan fingerprint density at radius 1 is 1.04 bits per heavy atom. The van der Waals surface area contributed by atoms with Gasteiger partial charge in [0.15, 0.2) is 5.78 Å². The van der Waals surface area contributed by atoms with Crippen molar-refractivity contribution in [2.24, 2.45) is 0 Å². The summed E-state index contributed by atoms with van der Waals surface area (Å²) in [6.07, 6.45) is 3.77. The Morgan fingerprint density at radius 3 is 2.47 bits per heavy atom. The van der Waals surface area contributed by atoms with Crippen LogP contribution in [0.1, 0.15) is 70.1 Å². The summed E-state index contributed by atoms with van der Waals surface area (Å²) < 4.78 is 56.1. The monoisotopic (exact) mass is 636 g/mol.